The SMILES string of the molecule is C[C@@H](Cl)C(=O)N1CCC(N2CCCCC2)CC1. The van der Waals surface area contributed by atoms with Crippen LogP contribution in [0.1, 0.15) is 39.0 Å². The molecular formula is C13H23ClN2O. The van der Waals surface area contributed by atoms with Crippen LogP contribution in [-0.4, -0.2) is 53.3 Å². The molecule has 0 radical (unpaired) electrons. The molecule has 1 atom stereocenters. The van der Waals surface area contributed by atoms with Gasteiger partial charge < -0.3 is 9.80 Å². The first kappa shape index (κ1) is 13.2. The summed E-state index contributed by atoms with van der Waals surface area (Å²) in [5.41, 5.74) is 0. The molecule has 2 heterocycles. The van der Waals surface area contributed by atoms with Crippen LogP contribution < -0.4 is 0 Å². The van der Waals surface area contributed by atoms with Crippen molar-refractivity contribution in [1.29, 1.82) is 0 Å². The fourth-order valence-corrected chi connectivity index (χ4v) is 3.12. The number of halogens is 1. The minimum absolute atomic E-state index is 0.101. The van der Waals surface area contributed by atoms with Gasteiger partial charge in [-0.1, -0.05) is 6.42 Å². The molecule has 0 aromatic heterocycles. The van der Waals surface area contributed by atoms with E-state index in [0.717, 1.165) is 25.9 Å². The third-order valence-corrected chi connectivity index (χ3v) is 4.21. The van der Waals surface area contributed by atoms with Crippen molar-refractivity contribution in [3.05, 3.63) is 0 Å². The third-order valence-electron chi connectivity index (χ3n) is 4.02. The molecular weight excluding hydrogens is 236 g/mol. The molecule has 0 unspecified atom stereocenters. The van der Waals surface area contributed by atoms with Crippen LogP contribution in [0.2, 0.25) is 0 Å². The number of hydrogen-bond acceptors (Lipinski definition) is 2. The fraction of sp³-hybridized carbons (Fsp3) is 0.923. The van der Waals surface area contributed by atoms with Crippen molar-refractivity contribution in [2.45, 2.75) is 50.4 Å². The van der Waals surface area contributed by atoms with Crippen LogP contribution in [-0.2, 0) is 4.79 Å². The first-order valence-corrected chi connectivity index (χ1v) is 7.29. The van der Waals surface area contributed by atoms with Gasteiger partial charge in [-0.25, -0.2) is 0 Å². The van der Waals surface area contributed by atoms with Gasteiger partial charge in [-0.3, -0.25) is 4.79 Å². The van der Waals surface area contributed by atoms with Crippen molar-refractivity contribution in [1.82, 2.24) is 9.80 Å². The number of alkyl halides is 1. The van der Waals surface area contributed by atoms with Crippen LogP contribution >= 0.6 is 11.6 Å². The number of nitrogens with zero attached hydrogens (tertiary/aromatic N) is 2. The average Bonchev–Trinajstić information content (AvgIpc) is 2.39. The standard InChI is InChI=1S/C13H23ClN2O/c1-11(14)13(17)16-9-5-12(6-10-16)15-7-3-2-4-8-15/h11-12H,2-10H2,1H3/t11-/m1/s1. The van der Waals surface area contributed by atoms with Gasteiger partial charge in [0.1, 0.15) is 5.38 Å². The van der Waals surface area contributed by atoms with Gasteiger partial charge in [0.25, 0.3) is 0 Å². The molecule has 0 aromatic carbocycles. The van der Waals surface area contributed by atoms with Gasteiger partial charge in [0.2, 0.25) is 5.91 Å². The Morgan fingerprint density at radius 2 is 1.71 bits per heavy atom. The summed E-state index contributed by atoms with van der Waals surface area (Å²) in [6.45, 7) is 6.05. The zero-order chi connectivity index (χ0) is 12.3. The highest BCUT2D eigenvalue weighted by atomic mass is 35.5. The Balaban J connectivity index is 1.79. The number of rotatable bonds is 2. The molecule has 2 saturated heterocycles. The van der Waals surface area contributed by atoms with E-state index in [1.54, 1.807) is 6.92 Å². The Bertz CT molecular complexity index is 256. The predicted octanol–water partition coefficient (Wildman–Crippen LogP) is 2.09. The lowest BCUT2D eigenvalue weighted by atomic mass is 10.00. The lowest BCUT2D eigenvalue weighted by molar-refractivity contribution is -0.132. The van der Waals surface area contributed by atoms with Crippen molar-refractivity contribution in [3.8, 4) is 0 Å². The van der Waals surface area contributed by atoms with Crippen LogP contribution in [0.15, 0.2) is 0 Å². The van der Waals surface area contributed by atoms with Gasteiger partial charge in [-0.05, 0) is 45.7 Å². The molecule has 4 heteroatoms. The topological polar surface area (TPSA) is 23.6 Å². The van der Waals surface area contributed by atoms with Gasteiger partial charge in [0.15, 0.2) is 0 Å². The first-order valence-electron chi connectivity index (χ1n) is 6.85. The Hall–Kier alpha value is -0.280. The molecule has 0 saturated carbocycles. The van der Waals surface area contributed by atoms with E-state index in [0.29, 0.717) is 6.04 Å². The zero-order valence-corrected chi connectivity index (χ0v) is 11.5. The summed E-state index contributed by atoms with van der Waals surface area (Å²) in [5.74, 6) is 0.101. The fourth-order valence-electron chi connectivity index (χ4n) is 2.99. The molecule has 17 heavy (non-hydrogen) atoms. The number of hydrogen-bond donors (Lipinski definition) is 0. The van der Waals surface area contributed by atoms with Crippen LogP contribution in [0.5, 0.6) is 0 Å². The van der Waals surface area contributed by atoms with E-state index >= 15 is 0 Å². The van der Waals surface area contributed by atoms with E-state index in [2.05, 4.69) is 4.90 Å². The second-order valence-electron chi connectivity index (χ2n) is 5.27. The van der Waals surface area contributed by atoms with Gasteiger partial charge in [-0.2, -0.15) is 0 Å². The molecule has 0 aliphatic carbocycles. The Kier molecular flexibility index (Phi) is 4.69. The van der Waals surface area contributed by atoms with Crippen LogP contribution in [0.25, 0.3) is 0 Å². The lowest BCUT2D eigenvalue weighted by Crippen LogP contribution is -2.49. The molecule has 0 N–H and O–H groups in total. The molecule has 0 bridgehead atoms. The van der Waals surface area contributed by atoms with Crippen molar-refractivity contribution in [3.63, 3.8) is 0 Å². The number of piperidine rings is 2. The Morgan fingerprint density at radius 1 is 1.12 bits per heavy atom. The van der Waals surface area contributed by atoms with Crippen molar-refractivity contribution < 1.29 is 4.79 Å². The van der Waals surface area contributed by atoms with E-state index in [-0.39, 0.29) is 11.3 Å². The molecule has 2 aliphatic rings. The van der Waals surface area contributed by atoms with E-state index < -0.39 is 0 Å². The van der Waals surface area contributed by atoms with Gasteiger partial charge in [0, 0.05) is 19.1 Å². The van der Waals surface area contributed by atoms with Gasteiger partial charge >= 0.3 is 0 Å². The highest BCUT2D eigenvalue weighted by Crippen LogP contribution is 2.21. The van der Waals surface area contributed by atoms with Crippen LogP contribution in [0.4, 0.5) is 0 Å². The number of carbonyl (C=O) groups is 1. The summed E-state index contributed by atoms with van der Waals surface area (Å²) in [7, 11) is 0. The second-order valence-corrected chi connectivity index (χ2v) is 5.92. The maximum Gasteiger partial charge on any atom is 0.240 e. The average molecular weight is 259 g/mol. The molecule has 2 aliphatic heterocycles. The van der Waals surface area contributed by atoms with Crippen LogP contribution in [0.3, 0.4) is 0 Å². The second kappa shape index (κ2) is 6.05. The Morgan fingerprint density at radius 3 is 2.24 bits per heavy atom. The molecule has 0 aromatic rings. The molecule has 0 spiro atoms. The molecule has 2 rings (SSSR count). The normalized spacial score (nSPS) is 25.9. The molecule has 98 valence electrons. The summed E-state index contributed by atoms with van der Waals surface area (Å²) in [5, 5.41) is -0.374. The highest BCUT2D eigenvalue weighted by molar-refractivity contribution is 6.30. The summed E-state index contributed by atoms with van der Waals surface area (Å²) in [6.07, 6.45) is 6.32. The van der Waals surface area contributed by atoms with Crippen molar-refractivity contribution in [2.24, 2.45) is 0 Å². The molecule has 1 amide bonds. The van der Waals surface area contributed by atoms with Crippen molar-refractivity contribution in [2.75, 3.05) is 26.2 Å². The number of carbonyl (C=O) groups excluding carboxylic acids is 1. The zero-order valence-electron chi connectivity index (χ0n) is 10.7. The third kappa shape index (κ3) is 3.35. The molecule has 2 fully saturated rings. The minimum atomic E-state index is -0.374. The Labute approximate surface area is 109 Å². The van der Waals surface area contributed by atoms with Crippen molar-refractivity contribution >= 4 is 17.5 Å². The quantitative estimate of drug-likeness (QED) is 0.708. The van der Waals surface area contributed by atoms with Crippen LogP contribution in [0, 0.1) is 0 Å². The summed E-state index contributed by atoms with van der Waals surface area (Å²) >= 11 is 5.85. The molecule has 3 nitrogen and oxygen atoms in total. The van der Waals surface area contributed by atoms with E-state index in [4.69, 9.17) is 11.6 Å². The van der Waals surface area contributed by atoms with Gasteiger partial charge in [-0.15, -0.1) is 11.6 Å². The summed E-state index contributed by atoms with van der Waals surface area (Å²) < 4.78 is 0. The summed E-state index contributed by atoms with van der Waals surface area (Å²) in [4.78, 5) is 16.3. The van der Waals surface area contributed by atoms with E-state index in [1.807, 2.05) is 4.90 Å². The van der Waals surface area contributed by atoms with E-state index in [9.17, 15) is 4.79 Å². The number of likely N-dealkylation sites (tertiary alicyclic amines) is 2. The predicted molar refractivity (Wildman–Crippen MR) is 70.3 cm³/mol. The monoisotopic (exact) mass is 258 g/mol. The first-order chi connectivity index (χ1) is 8.18. The maximum atomic E-state index is 11.8. The lowest BCUT2D eigenvalue weighted by Gasteiger charge is -2.40. The minimum Gasteiger partial charge on any atom is -0.341 e. The maximum absolute atomic E-state index is 11.8. The largest absolute Gasteiger partial charge is 0.341 e. The van der Waals surface area contributed by atoms with Gasteiger partial charge in [0.05, 0.1) is 0 Å². The highest BCUT2D eigenvalue weighted by Gasteiger charge is 2.28. The smallest absolute Gasteiger partial charge is 0.240 e. The van der Waals surface area contributed by atoms with E-state index in [1.165, 1.54) is 32.4 Å². The summed E-state index contributed by atoms with van der Waals surface area (Å²) in [6, 6.07) is 0.699. The number of amides is 1.